The summed E-state index contributed by atoms with van der Waals surface area (Å²) in [5, 5.41) is 2.07. The summed E-state index contributed by atoms with van der Waals surface area (Å²) >= 11 is 0. The number of nitrogens with one attached hydrogen (secondary N) is 1. The second kappa shape index (κ2) is 9.21. The number of carbonyl (C=O) groups is 4. The van der Waals surface area contributed by atoms with E-state index in [1.807, 2.05) is 0 Å². The summed E-state index contributed by atoms with van der Waals surface area (Å²) in [6.45, 7) is 3.20. The molecule has 160 valence electrons. The lowest BCUT2D eigenvalue weighted by Gasteiger charge is -2.26. The maximum atomic E-state index is 13.5. The molecule has 1 saturated heterocycles. The predicted octanol–water partition coefficient (Wildman–Crippen LogP) is 2.82. The Balaban J connectivity index is 1.77. The summed E-state index contributed by atoms with van der Waals surface area (Å²) in [4.78, 5) is 49.3. The lowest BCUT2D eigenvalue weighted by molar-refractivity contribution is -0.149. The molecule has 3 rings (SSSR count). The standard InChI is InChI=1S/C22H19FN2O6/c1-13(2)31-19(26)12-30-17-8-6-14(7-9-17)10-18-20(27)24-22(29)25(21(18)28)16-5-3-4-15(23)11-16/h3-11,13H,12H2,1-2H3,(H,24,27,29)/b18-10+. The minimum absolute atomic E-state index is 0.00192. The van der Waals surface area contributed by atoms with Crippen molar-refractivity contribution < 1.29 is 33.0 Å². The molecular weight excluding hydrogens is 407 g/mol. The molecule has 0 aromatic heterocycles. The molecule has 1 N–H and O–H groups in total. The third-order valence-corrected chi connectivity index (χ3v) is 4.08. The van der Waals surface area contributed by atoms with Crippen LogP contribution in [0, 0.1) is 5.82 Å². The summed E-state index contributed by atoms with van der Waals surface area (Å²) in [7, 11) is 0. The number of anilines is 1. The molecule has 2 aromatic rings. The van der Waals surface area contributed by atoms with E-state index in [1.165, 1.54) is 24.3 Å². The van der Waals surface area contributed by atoms with Gasteiger partial charge in [0.2, 0.25) is 0 Å². The highest BCUT2D eigenvalue weighted by atomic mass is 19.1. The normalized spacial score (nSPS) is 15.3. The number of halogens is 1. The molecule has 0 spiro atoms. The molecule has 1 heterocycles. The van der Waals surface area contributed by atoms with Crippen LogP contribution in [0.5, 0.6) is 5.75 Å². The molecule has 1 aliphatic rings. The Hall–Kier alpha value is -4.01. The third-order valence-electron chi connectivity index (χ3n) is 4.08. The molecule has 0 atom stereocenters. The largest absolute Gasteiger partial charge is 0.482 e. The van der Waals surface area contributed by atoms with Crippen LogP contribution < -0.4 is 15.0 Å². The summed E-state index contributed by atoms with van der Waals surface area (Å²) in [5.74, 6) is -2.49. The quantitative estimate of drug-likeness (QED) is 0.433. The Kier molecular flexibility index (Phi) is 6.44. The van der Waals surface area contributed by atoms with Crippen molar-refractivity contribution in [1.29, 1.82) is 0 Å². The van der Waals surface area contributed by atoms with E-state index in [4.69, 9.17) is 9.47 Å². The van der Waals surface area contributed by atoms with Gasteiger partial charge in [-0.15, -0.1) is 0 Å². The van der Waals surface area contributed by atoms with Crippen LogP contribution in [0.25, 0.3) is 6.08 Å². The Morgan fingerprint density at radius 2 is 1.84 bits per heavy atom. The first kappa shape index (κ1) is 21.7. The van der Waals surface area contributed by atoms with Crippen LogP contribution >= 0.6 is 0 Å². The molecule has 9 heteroatoms. The van der Waals surface area contributed by atoms with Gasteiger partial charge >= 0.3 is 12.0 Å². The van der Waals surface area contributed by atoms with Gasteiger partial charge in [-0.25, -0.2) is 18.9 Å². The van der Waals surface area contributed by atoms with Crippen molar-refractivity contribution in [3.05, 3.63) is 65.5 Å². The van der Waals surface area contributed by atoms with E-state index >= 15 is 0 Å². The zero-order chi connectivity index (χ0) is 22.5. The van der Waals surface area contributed by atoms with Crippen LogP contribution in [0.1, 0.15) is 19.4 Å². The zero-order valence-corrected chi connectivity index (χ0v) is 16.8. The van der Waals surface area contributed by atoms with E-state index in [2.05, 4.69) is 5.32 Å². The fourth-order valence-corrected chi connectivity index (χ4v) is 2.77. The average molecular weight is 426 g/mol. The van der Waals surface area contributed by atoms with Crippen molar-refractivity contribution >= 4 is 35.6 Å². The van der Waals surface area contributed by atoms with Crippen molar-refractivity contribution in [3.8, 4) is 5.75 Å². The molecule has 1 aliphatic heterocycles. The molecule has 8 nitrogen and oxygen atoms in total. The van der Waals surface area contributed by atoms with Crippen LogP contribution in [0.3, 0.4) is 0 Å². The number of hydrogen-bond donors (Lipinski definition) is 1. The fraction of sp³-hybridized carbons (Fsp3) is 0.182. The highest BCUT2D eigenvalue weighted by Gasteiger charge is 2.36. The second-order valence-electron chi connectivity index (χ2n) is 6.83. The number of carbonyl (C=O) groups excluding carboxylic acids is 4. The van der Waals surface area contributed by atoms with Crippen molar-refractivity contribution in [2.45, 2.75) is 20.0 Å². The van der Waals surface area contributed by atoms with E-state index in [0.29, 0.717) is 16.2 Å². The average Bonchev–Trinajstić information content (AvgIpc) is 2.70. The summed E-state index contributed by atoms with van der Waals surface area (Å²) < 4.78 is 23.8. The van der Waals surface area contributed by atoms with E-state index < -0.39 is 29.6 Å². The van der Waals surface area contributed by atoms with Gasteiger partial charge in [0.25, 0.3) is 11.8 Å². The van der Waals surface area contributed by atoms with Crippen LogP contribution in [0.2, 0.25) is 0 Å². The molecule has 0 saturated carbocycles. The summed E-state index contributed by atoms with van der Waals surface area (Å²) in [6, 6.07) is 10.2. The number of esters is 1. The lowest BCUT2D eigenvalue weighted by Crippen LogP contribution is -2.54. The molecule has 4 amide bonds. The summed E-state index contributed by atoms with van der Waals surface area (Å²) in [5.41, 5.74) is 0.181. The van der Waals surface area contributed by atoms with Crippen molar-refractivity contribution in [3.63, 3.8) is 0 Å². The number of hydrogen-bond acceptors (Lipinski definition) is 6. The van der Waals surface area contributed by atoms with Gasteiger partial charge in [0.05, 0.1) is 11.8 Å². The van der Waals surface area contributed by atoms with Gasteiger partial charge in [-0.1, -0.05) is 18.2 Å². The molecule has 0 unspecified atom stereocenters. The molecule has 2 aromatic carbocycles. The van der Waals surface area contributed by atoms with E-state index in [0.717, 1.165) is 6.07 Å². The van der Waals surface area contributed by atoms with Gasteiger partial charge < -0.3 is 9.47 Å². The number of urea groups is 1. The third kappa shape index (κ3) is 5.33. The number of rotatable bonds is 6. The van der Waals surface area contributed by atoms with Gasteiger partial charge in [0, 0.05) is 0 Å². The molecule has 0 radical (unpaired) electrons. The minimum Gasteiger partial charge on any atom is -0.482 e. The summed E-state index contributed by atoms with van der Waals surface area (Å²) in [6.07, 6.45) is 1.05. The number of ether oxygens (including phenoxy) is 2. The van der Waals surface area contributed by atoms with Gasteiger partial charge in [-0.2, -0.15) is 0 Å². The van der Waals surface area contributed by atoms with Gasteiger partial charge in [-0.05, 0) is 55.8 Å². The smallest absolute Gasteiger partial charge is 0.344 e. The molecule has 0 aliphatic carbocycles. The SMILES string of the molecule is CC(C)OC(=O)COc1ccc(/C=C2\C(=O)NC(=O)N(c3cccc(F)c3)C2=O)cc1. The Morgan fingerprint density at radius 3 is 2.48 bits per heavy atom. The fourth-order valence-electron chi connectivity index (χ4n) is 2.77. The Labute approximate surface area is 177 Å². The highest BCUT2D eigenvalue weighted by molar-refractivity contribution is 6.39. The van der Waals surface area contributed by atoms with Gasteiger partial charge in [0.15, 0.2) is 6.61 Å². The second-order valence-corrected chi connectivity index (χ2v) is 6.83. The molecular formula is C22H19FN2O6. The van der Waals surface area contributed by atoms with Crippen molar-refractivity contribution in [2.75, 3.05) is 11.5 Å². The van der Waals surface area contributed by atoms with Crippen LogP contribution in [0.4, 0.5) is 14.9 Å². The van der Waals surface area contributed by atoms with Crippen LogP contribution in [-0.4, -0.2) is 36.5 Å². The number of benzene rings is 2. The highest BCUT2D eigenvalue weighted by Crippen LogP contribution is 2.23. The maximum absolute atomic E-state index is 13.5. The Bertz CT molecular complexity index is 1060. The first-order valence-corrected chi connectivity index (χ1v) is 9.34. The number of barbiturate groups is 1. The van der Waals surface area contributed by atoms with E-state index in [9.17, 15) is 23.6 Å². The van der Waals surface area contributed by atoms with Crippen LogP contribution in [0.15, 0.2) is 54.1 Å². The predicted molar refractivity (Wildman–Crippen MR) is 109 cm³/mol. The van der Waals surface area contributed by atoms with E-state index in [-0.39, 0.29) is 24.0 Å². The molecule has 0 bridgehead atoms. The van der Waals surface area contributed by atoms with Crippen molar-refractivity contribution in [2.24, 2.45) is 0 Å². The molecule has 31 heavy (non-hydrogen) atoms. The van der Waals surface area contributed by atoms with E-state index in [1.54, 1.807) is 38.1 Å². The number of nitrogens with zero attached hydrogens (tertiary/aromatic N) is 1. The molecule has 1 fully saturated rings. The topological polar surface area (TPSA) is 102 Å². The zero-order valence-electron chi connectivity index (χ0n) is 16.8. The minimum atomic E-state index is -0.963. The maximum Gasteiger partial charge on any atom is 0.344 e. The monoisotopic (exact) mass is 426 g/mol. The first-order chi connectivity index (χ1) is 14.7. The van der Waals surface area contributed by atoms with Crippen molar-refractivity contribution in [1.82, 2.24) is 5.32 Å². The lowest BCUT2D eigenvalue weighted by atomic mass is 10.1. The van der Waals surface area contributed by atoms with Gasteiger partial charge in [-0.3, -0.25) is 14.9 Å². The van der Waals surface area contributed by atoms with Gasteiger partial charge in [0.1, 0.15) is 17.1 Å². The number of imide groups is 2. The first-order valence-electron chi connectivity index (χ1n) is 9.34. The van der Waals surface area contributed by atoms with Crippen LogP contribution in [-0.2, 0) is 19.1 Å². The Morgan fingerprint density at radius 1 is 1.13 bits per heavy atom. The number of amides is 4.